The van der Waals surface area contributed by atoms with Gasteiger partial charge in [0.25, 0.3) is 0 Å². The monoisotopic (exact) mass is 200 g/mol. The highest BCUT2D eigenvalue weighted by Gasteiger charge is 2.26. The van der Waals surface area contributed by atoms with Crippen molar-refractivity contribution in [1.29, 1.82) is 0 Å². The summed E-state index contributed by atoms with van der Waals surface area (Å²) in [4.78, 5) is 11.4. The maximum absolute atomic E-state index is 11.4. The minimum Gasteiger partial charge on any atom is -0.460 e. The van der Waals surface area contributed by atoms with Crippen LogP contribution in [-0.4, -0.2) is 22.8 Å². The molecular formula is C11H20O3. The lowest BCUT2D eigenvalue weighted by Crippen LogP contribution is -2.25. The summed E-state index contributed by atoms with van der Waals surface area (Å²) in [6.45, 7) is 5.61. The molecule has 0 spiro atoms. The van der Waals surface area contributed by atoms with Gasteiger partial charge in [0.05, 0.1) is 6.10 Å². The van der Waals surface area contributed by atoms with Crippen LogP contribution in [0.2, 0.25) is 0 Å². The maximum Gasteiger partial charge on any atom is 0.306 e. The number of esters is 1. The van der Waals surface area contributed by atoms with E-state index >= 15 is 0 Å². The van der Waals surface area contributed by atoms with E-state index in [4.69, 9.17) is 4.74 Å². The zero-order chi connectivity index (χ0) is 10.8. The summed E-state index contributed by atoms with van der Waals surface area (Å²) in [5, 5.41) is 9.29. The molecule has 0 amide bonds. The van der Waals surface area contributed by atoms with Crippen molar-refractivity contribution in [1.82, 2.24) is 0 Å². The molecule has 0 aromatic rings. The number of ether oxygens (including phenoxy) is 1. The van der Waals surface area contributed by atoms with E-state index in [1.54, 1.807) is 0 Å². The van der Waals surface area contributed by atoms with E-state index < -0.39 is 5.60 Å². The smallest absolute Gasteiger partial charge is 0.306 e. The first-order valence-corrected chi connectivity index (χ1v) is 5.27. The van der Waals surface area contributed by atoms with Gasteiger partial charge < -0.3 is 9.84 Å². The molecule has 0 bridgehead atoms. The fourth-order valence-corrected chi connectivity index (χ4v) is 1.85. The number of hydrogen-bond acceptors (Lipinski definition) is 3. The van der Waals surface area contributed by atoms with Crippen molar-refractivity contribution in [3.63, 3.8) is 0 Å². The summed E-state index contributed by atoms with van der Waals surface area (Å²) in [5.41, 5.74) is -0.395. The van der Waals surface area contributed by atoms with Gasteiger partial charge in [0.1, 0.15) is 5.60 Å². The lowest BCUT2D eigenvalue weighted by atomic mass is 10.0. The summed E-state index contributed by atoms with van der Waals surface area (Å²) in [7, 11) is 0. The standard InChI is InChI=1S/C11H20O3/c1-11(2,3)14-10(13)7-8-4-5-9(12)6-8/h8-9,12H,4-7H2,1-3H3. The molecule has 2 atom stereocenters. The first-order chi connectivity index (χ1) is 6.37. The molecule has 3 nitrogen and oxygen atoms in total. The molecule has 0 aliphatic heterocycles. The van der Waals surface area contributed by atoms with E-state index in [2.05, 4.69) is 0 Å². The number of hydrogen-bond donors (Lipinski definition) is 1. The van der Waals surface area contributed by atoms with E-state index in [-0.39, 0.29) is 12.1 Å². The SMILES string of the molecule is CC(C)(C)OC(=O)CC1CCC(O)C1. The van der Waals surface area contributed by atoms with Crippen LogP contribution in [0.25, 0.3) is 0 Å². The second-order valence-electron chi connectivity index (χ2n) is 5.12. The van der Waals surface area contributed by atoms with E-state index in [1.807, 2.05) is 20.8 Å². The number of aliphatic hydroxyl groups is 1. The minimum absolute atomic E-state index is 0.142. The van der Waals surface area contributed by atoms with Crippen molar-refractivity contribution in [2.24, 2.45) is 5.92 Å². The van der Waals surface area contributed by atoms with Crippen LogP contribution in [0.4, 0.5) is 0 Å². The van der Waals surface area contributed by atoms with E-state index in [1.165, 1.54) is 0 Å². The van der Waals surface area contributed by atoms with Crippen molar-refractivity contribution in [2.45, 2.75) is 58.2 Å². The summed E-state index contributed by atoms with van der Waals surface area (Å²) < 4.78 is 5.21. The van der Waals surface area contributed by atoms with Crippen molar-refractivity contribution in [2.75, 3.05) is 0 Å². The molecule has 0 saturated heterocycles. The molecule has 3 heteroatoms. The molecule has 0 radical (unpaired) electrons. The van der Waals surface area contributed by atoms with E-state index in [0.717, 1.165) is 19.3 Å². The van der Waals surface area contributed by atoms with Crippen molar-refractivity contribution >= 4 is 5.97 Å². The fraction of sp³-hybridized carbons (Fsp3) is 0.909. The van der Waals surface area contributed by atoms with Gasteiger partial charge >= 0.3 is 5.97 Å². The Kier molecular flexibility index (Phi) is 3.53. The average molecular weight is 200 g/mol. The van der Waals surface area contributed by atoms with E-state index in [9.17, 15) is 9.90 Å². The molecule has 1 aliphatic rings. The molecule has 1 aliphatic carbocycles. The molecule has 82 valence electrons. The van der Waals surface area contributed by atoms with Gasteiger partial charge in [-0.25, -0.2) is 0 Å². The highest BCUT2D eigenvalue weighted by atomic mass is 16.6. The van der Waals surface area contributed by atoms with Gasteiger partial charge in [-0.2, -0.15) is 0 Å². The highest BCUT2D eigenvalue weighted by Crippen LogP contribution is 2.28. The Hall–Kier alpha value is -0.570. The molecule has 1 rings (SSSR count). The van der Waals surface area contributed by atoms with Gasteiger partial charge in [-0.3, -0.25) is 4.79 Å². The largest absolute Gasteiger partial charge is 0.460 e. The first-order valence-electron chi connectivity index (χ1n) is 5.27. The Bertz CT molecular complexity index is 205. The second kappa shape index (κ2) is 4.30. The molecule has 1 N–H and O–H groups in total. The first kappa shape index (κ1) is 11.5. The summed E-state index contributed by atoms with van der Waals surface area (Å²) in [5.74, 6) is 0.177. The topological polar surface area (TPSA) is 46.5 Å². The molecule has 2 unspecified atom stereocenters. The zero-order valence-corrected chi connectivity index (χ0v) is 9.25. The van der Waals surface area contributed by atoms with Gasteiger partial charge in [0.15, 0.2) is 0 Å². The number of aliphatic hydroxyl groups excluding tert-OH is 1. The van der Waals surface area contributed by atoms with Gasteiger partial charge in [-0.15, -0.1) is 0 Å². The zero-order valence-electron chi connectivity index (χ0n) is 9.25. The van der Waals surface area contributed by atoms with Crippen LogP contribution < -0.4 is 0 Å². The summed E-state index contributed by atoms with van der Waals surface area (Å²) in [6.07, 6.45) is 2.77. The third-order valence-corrected chi connectivity index (χ3v) is 2.39. The fourth-order valence-electron chi connectivity index (χ4n) is 1.85. The van der Waals surface area contributed by atoms with Crippen LogP contribution >= 0.6 is 0 Å². The van der Waals surface area contributed by atoms with Crippen LogP contribution in [0.5, 0.6) is 0 Å². The van der Waals surface area contributed by atoms with Gasteiger partial charge in [-0.1, -0.05) is 0 Å². The minimum atomic E-state index is -0.395. The van der Waals surface area contributed by atoms with E-state index in [0.29, 0.717) is 12.3 Å². The normalized spacial score (nSPS) is 27.7. The van der Waals surface area contributed by atoms with Gasteiger partial charge in [0, 0.05) is 6.42 Å². The van der Waals surface area contributed by atoms with Crippen molar-refractivity contribution < 1.29 is 14.6 Å². The molecule has 0 heterocycles. The van der Waals surface area contributed by atoms with Gasteiger partial charge in [0.2, 0.25) is 0 Å². The Morgan fingerprint density at radius 1 is 1.43 bits per heavy atom. The van der Waals surface area contributed by atoms with Crippen LogP contribution in [0.3, 0.4) is 0 Å². The van der Waals surface area contributed by atoms with Crippen LogP contribution in [0, 0.1) is 5.92 Å². The quantitative estimate of drug-likeness (QED) is 0.692. The predicted molar refractivity (Wildman–Crippen MR) is 53.8 cm³/mol. The number of carbonyl (C=O) groups is 1. The molecule has 0 aromatic carbocycles. The third-order valence-electron chi connectivity index (χ3n) is 2.39. The lowest BCUT2D eigenvalue weighted by molar-refractivity contribution is -0.155. The summed E-state index contributed by atoms with van der Waals surface area (Å²) >= 11 is 0. The Morgan fingerprint density at radius 3 is 2.50 bits per heavy atom. The van der Waals surface area contributed by atoms with Crippen molar-refractivity contribution in [3.8, 4) is 0 Å². The van der Waals surface area contributed by atoms with Gasteiger partial charge in [-0.05, 0) is 46.0 Å². The summed E-state index contributed by atoms with van der Waals surface area (Å²) in [6, 6.07) is 0. The molecular weight excluding hydrogens is 180 g/mol. The lowest BCUT2D eigenvalue weighted by Gasteiger charge is -2.20. The van der Waals surface area contributed by atoms with Crippen molar-refractivity contribution in [3.05, 3.63) is 0 Å². The molecule has 14 heavy (non-hydrogen) atoms. The second-order valence-corrected chi connectivity index (χ2v) is 5.12. The number of carbonyl (C=O) groups excluding carboxylic acids is 1. The average Bonchev–Trinajstić information content (AvgIpc) is 2.30. The number of rotatable bonds is 2. The van der Waals surface area contributed by atoms with Crippen LogP contribution in [0.1, 0.15) is 46.5 Å². The highest BCUT2D eigenvalue weighted by molar-refractivity contribution is 5.70. The third kappa shape index (κ3) is 4.09. The molecule has 1 fully saturated rings. The Labute approximate surface area is 85.5 Å². The Morgan fingerprint density at radius 2 is 2.07 bits per heavy atom. The maximum atomic E-state index is 11.4. The Balaban J connectivity index is 2.27. The van der Waals surface area contributed by atoms with Crippen LogP contribution in [0.15, 0.2) is 0 Å². The molecule has 0 aromatic heterocycles. The predicted octanol–water partition coefficient (Wildman–Crippen LogP) is 1.88. The van der Waals surface area contributed by atoms with Crippen LogP contribution in [-0.2, 0) is 9.53 Å². The molecule has 1 saturated carbocycles.